The molecular weight excluding hydrogens is 367 g/mol. The van der Waals surface area contributed by atoms with Crippen LogP contribution in [0.15, 0.2) is 23.1 Å². The Morgan fingerprint density at radius 2 is 1.96 bits per heavy atom. The molecule has 1 aromatic rings. The quantitative estimate of drug-likeness (QED) is 0.815. The minimum atomic E-state index is -4.90. The van der Waals surface area contributed by atoms with Gasteiger partial charge in [0.2, 0.25) is 0 Å². The summed E-state index contributed by atoms with van der Waals surface area (Å²) in [5.74, 6) is -2.96. The van der Waals surface area contributed by atoms with Gasteiger partial charge in [0, 0.05) is 25.2 Å². The molecule has 4 nitrogen and oxygen atoms in total. The van der Waals surface area contributed by atoms with E-state index in [0.29, 0.717) is 12.6 Å². The molecule has 2 heterocycles. The highest BCUT2D eigenvalue weighted by Crippen LogP contribution is 2.40. The third-order valence-electron chi connectivity index (χ3n) is 4.56. The molecule has 1 aromatic carbocycles. The van der Waals surface area contributed by atoms with Crippen LogP contribution in [-0.2, 0) is 16.0 Å². The average Bonchev–Trinajstić information content (AvgIpc) is 3.15. The zero-order chi connectivity index (χ0) is 18.5. The molecular formula is C15H17F5N2O2S. The fraction of sp³-hybridized carbons (Fsp3) is 0.600. The van der Waals surface area contributed by atoms with E-state index < -0.39 is 50.6 Å². The van der Waals surface area contributed by atoms with Gasteiger partial charge >= 0.3 is 6.18 Å². The number of hydrogen-bond acceptors (Lipinski definition) is 4. The molecule has 10 heteroatoms. The Morgan fingerprint density at radius 1 is 1.24 bits per heavy atom. The first-order valence-corrected chi connectivity index (χ1v) is 9.34. The van der Waals surface area contributed by atoms with Crippen molar-refractivity contribution in [3.63, 3.8) is 0 Å². The molecule has 0 amide bonds. The molecule has 2 aliphatic heterocycles. The molecule has 0 radical (unpaired) electrons. The van der Waals surface area contributed by atoms with Crippen LogP contribution in [0.4, 0.5) is 27.6 Å². The van der Waals surface area contributed by atoms with Crippen molar-refractivity contribution < 1.29 is 30.4 Å². The maximum Gasteiger partial charge on any atom is 0.417 e. The van der Waals surface area contributed by atoms with Crippen molar-refractivity contribution in [1.82, 2.24) is 5.32 Å². The second-order valence-corrected chi connectivity index (χ2v) is 8.56. The molecule has 1 N–H and O–H groups in total. The van der Waals surface area contributed by atoms with Crippen molar-refractivity contribution >= 4 is 15.5 Å². The number of rotatable bonds is 3. The van der Waals surface area contributed by atoms with Gasteiger partial charge in [0.05, 0.1) is 22.3 Å². The highest BCUT2D eigenvalue weighted by Gasteiger charge is 2.42. The van der Waals surface area contributed by atoms with Crippen LogP contribution < -0.4 is 10.2 Å². The van der Waals surface area contributed by atoms with Crippen molar-refractivity contribution in [2.24, 2.45) is 0 Å². The highest BCUT2D eigenvalue weighted by molar-refractivity contribution is 7.92. The van der Waals surface area contributed by atoms with Gasteiger partial charge in [-0.1, -0.05) is 0 Å². The Hall–Kier alpha value is -1.42. The minimum Gasteiger partial charge on any atom is -0.365 e. The fourth-order valence-electron chi connectivity index (χ4n) is 3.21. The normalized spacial score (nSPS) is 24.0. The molecule has 0 aromatic heterocycles. The third-order valence-corrected chi connectivity index (χ3v) is 6.81. The Morgan fingerprint density at radius 3 is 2.48 bits per heavy atom. The number of alkyl halides is 5. The first kappa shape index (κ1) is 18.4. The van der Waals surface area contributed by atoms with E-state index in [1.54, 1.807) is 0 Å². The molecule has 140 valence electrons. The standard InChI is InChI=1S/C15H17F5N2O2S/c16-14(17)4-6-22(9-14)10-1-2-13(12(7-10)15(18,19)20)25(23,24)11-3-5-21-8-11/h1-2,7,11,21H,3-6,8-9H2/t11-/m1/s1. The summed E-state index contributed by atoms with van der Waals surface area (Å²) < 4.78 is 92.1. The van der Waals surface area contributed by atoms with E-state index >= 15 is 0 Å². The Bertz CT molecular complexity index is 758. The van der Waals surface area contributed by atoms with Crippen molar-refractivity contribution in [3.05, 3.63) is 23.8 Å². The summed E-state index contributed by atoms with van der Waals surface area (Å²) in [4.78, 5) is 0.353. The SMILES string of the molecule is O=S(=O)(c1ccc(N2CCC(F)(F)C2)cc1C(F)(F)F)[C@@H]1CCNC1. The van der Waals surface area contributed by atoms with Crippen LogP contribution in [0, 0.1) is 0 Å². The zero-order valence-corrected chi connectivity index (χ0v) is 13.9. The minimum absolute atomic E-state index is 0.0482. The van der Waals surface area contributed by atoms with E-state index in [4.69, 9.17) is 0 Å². The van der Waals surface area contributed by atoms with E-state index in [0.717, 1.165) is 11.0 Å². The summed E-state index contributed by atoms with van der Waals surface area (Å²) in [6, 6.07) is 2.73. The molecule has 0 aliphatic carbocycles. The largest absolute Gasteiger partial charge is 0.417 e. The molecule has 3 rings (SSSR count). The smallest absolute Gasteiger partial charge is 0.365 e. The fourth-order valence-corrected chi connectivity index (χ4v) is 5.08. The van der Waals surface area contributed by atoms with Gasteiger partial charge in [-0.2, -0.15) is 13.2 Å². The maximum atomic E-state index is 13.4. The maximum absolute atomic E-state index is 13.4. The van der Waals surface area contributed by atoms with Gasteiger partial charge < -0.3 is 10.2 Å². The summed E-state index contributed by atoms with van der Waals surface area (Å²) in [7, 11) is -4.16. The van der Waals surface area contributed by atoms with Gasteiger partial charge in [-0.15, -0.1) is 0 Å². The number of hydrogen-bond donors (Lipinski definition) is 1. The Balaban J connectivity index is 2.02. The van der Waals surface area contributed by atoms with Crippen LogP contribution >= 0.6 is 0 Å². The van der Waals surface area contributed by atoms with E-state index in [2.05, 4.69) is 5.32 Å². The predicted octanol–water partition coefficient (Wildman–Crippen LogP) is 2.69. The second kappa shape index (κ2) is 6.08. The Kier molecular flexibility index (Phi) is 4.47. The summed E-state index contributed by atoms with van der Waals surface area (Å²) in [5, 5.41) is 1.90. The molecule has 2 fully saturated rings. The lowest BCUT2D eigenvalue weighted by molar-refractivity contribution is -0.139. The van der Waals surface area contributed by atoms with E-state index in [-0.39, 0.29) is 25.2 Å². The number of sulfone groups is 1. The van der Waals surface area contributed by atoms with Crippen LogP contribution in [0.2, 0.25) is 0 Å². The number of anilines is 1. The number of benzene rings is 1. The van der Waals surface area contributed by atoms with Crippen molar-refractivity contribution in [2.45, 2.75) is 35.1 Å². The monoisotopic (exact) mass is 384 g/mol. The van der Waals surface area contributed by atoms with Gasteiger partial charge in [0.25, 0.3) is 5.92 Å². The van der Waals surface area contributed by atoms with Crippen LogP contribution in [0.25, 0.3) is 0 Å². The van der Waals surface area contributed by atoms with Crippen molar-refractivity contribution in [2.75, 3.05) is 31.1 Å². The molecule has 2 saturated heterocycles. The van der Waals surface area contributed by atoms with Gasteiger partial charge in [-0.05, 0) is 31.2 Å². The van der Waals surface area contributed by atoms with E-state index in [1.807, 2.05) is 0 Å². The number of nitrogens with zero attached hydrogens (tertiary/aromatic N) is 1. The molecule has 0 bridgehead atoms. The molecule has 2 aliphatic rings. The Labute approximate surface area is 141 Å². The lowest BCUT2D eigenvalue weighted by atomic mass is 10.2. The predicted molar refractivity (Wildman–Crippen MR) is 81.7 cm³/mol. The lowest BCUT2D eigenvalue weighted by Crippen LogP contribution is -2.28. The molecule has 0 saturated carbocycles. The third kappa shape index (κ3) is 3.59. The lowest BCUT2D eigenvalue weighted by Gasteiger charge is -2.22. The second-order valence-electron chi connectivity index (χ2n) is 6.37. The van der Waals surface area contributed by atoms with Crippen LogP contribution in [0.3, 0.4) is 0 Å². The van der Waals surface area contributed by atoms with Crippen LogP contribution in [-0.4, -0.2) is 45.8 Å². The first-order valence-electron chi connectivity index (χ1n) is 7.79. The van der Waals surface area contributed by atoms with E-state index in [9.17, 15) is 30.4 Å². The summed E-state index contributed by atoms with van der Waals surface area (Å²) >= 11 is 0. The summed E-state index contributed by atoms with van der Waals surface area (Å²) in [6.07, 6.45) is -5.10. The number of halogens is 5. The average molecular weight is 384 g/mol. The molecule has 1 atom stereocenters. The molecule has 25 heavy (non-hydrogen) atoms. The highest BCUT2D eigenvalue weighted by atomic mass is 32.2. The van der Waals surface area contributed by atoms with Gasteiger partial charge in [-0.25, -0.2) is 17.2 Å². The molecule has 0 spiro atoms. The van der Waals surface area contributed by atoms with Crippen LogP contribution in [0.1, 0.15) is 18.4 Å². The summed E-state index contributed by atoms with van der Waals surface area (Å²) in [5.41, 5.74) is -1.35. The van der Waals surface area contributed by atoms with Crippen molar-refractivity contribution in [3.8, 4) is 0 Å². The summed E-state index contributed by atoms with van der Waals surface area (Å²) in [6.45, 7) is -0.238. The van der Waals surface area contributed by atoms with Crippen molar-refractivity contribution in [1.29, 1.82) is 0 Å². The molecule has 0 unspecified atom stereocenters. The van der Waals surface area contributed by atoms with Crippen LogP contribution in [0.5, 0.6) is 0 Å². The number of nitrogens with one attached hydrogen (secondary N) is 1. The van der Waals surface area contributed by atoms with Gasteiger partial charge in [-0.3, -0.25) is 0 Å². The topological polar surface area (TPSA) is 49.4 Å². The van der Waals surface area contributed by atoms with Gasteiger partial charge in [0.1, 0.15) is 0 Å². The first-order chi connectivity index (χ1) is 11.5. The van der Waals surface area contributed by atoms with E-state index in [1.165, 1.54) is 6.07 Å². The zero-order valence-electron chi connectivity index (χ0n) is 13.1. The van der Waals surface area contributed by atoms with Gasteiger partial charge in [0.15, 0.2) is 9.84 Å².